The molecule has 0 fully saturated rings. The molecule has 2 aromatic heterocycles. The van der Waals surface area contributed by atoms with Gasteiger partial charge in [-0.25, -0.2) is 15.0 Å². The Morgan fingerprint density at radius 2 is 0.797 bits per heavy atom. The lowest BCUT2D eigenvalue weighted by Crippen LogP contribution is -2.00. The Hall–Kier alpha value is -8.20. The molecule has 9 aromatic carbocycles. The third-order valence-electron chi connectivity index (χ3n) is 11.1. The van der Waals surface area contributed by atoms with Crippen molar-refractivity contribution in [1.82, 2.24) is 15.0 Å². The minimum atomic E-state index is 0.622. The topological polar surface area (TPSA) is 75.6 Å². The largest absolute Gasteiger partial charge is 0.455 e. The van der Waals surface area contributed by atoms with E-state index in [1.807, 2.05) is 97.1 Å². The molecule has 0 aliphatic rings. The summed E-state index contributed by atoms with van der Waals surface area (Å²) in [7, 11) is 0. The molecule has 0 atom stereocenters. The van der Waals surface area contributed by atoms with Gasteiger partial charge in [-0.3, -0.25) is 0 Å². The Bertz CT molecular complexity index is 3380. The van der Waals surface area contributed by atoms with Crippen molar-refractivity contribution >= 4 is 43.5 Å². The highest BCUT2D eigenvalue weighted by atomic mass is 16.3. The maximum Gasteiger partial charge on any atom is 0.164 e. The normalized spacial score (nSPS) is 11.4. The predicted molar refractivity (Wildman–Crippen MR) is 239 cm³/mol. The average Bonchev–Trinajstić information content (AvgIpc) is 3.72. The van der Waals surface area contributed by atoms with Crippen molar-refractivity contribution in [2.75, 3.05) is 0 Å². The quantitative estimate of drug-likeness (QED) is 0.158. The van der Waals surface area contributed by atoms with Gasteiger partial charge in [0.1, 0.15) is 11.2 Å². The minimum absolute atomic E-state index is 0.622. The molecule has 0 aliphatic heterocycles. The standard InChI is InChI=1S/C54H32N4O/c55-33-34-21-23-35(24-22-34)41-25-27-44-45-28-26-42(32-48(45)51-50(47(44)31-41)46-19-7-8-20-49(46)59-51)39-16-9-15-38(29-39)40-17-10-18-43(30-40)54-57-52(36-11-3-1-4-12-36)56-53(58-54)37-13-5-2-6-14-37/h1-32H. The van der Waals surface area contributed by atoms with Gasteiger partial charge in [-0.05, 0) is 92.0 Å². The van der Waals surface area contributed by atoms with Crippen molar-refractivity contribution < 1.29 is 4.42 Å². The SMILES string of the molecule is N#Cc1ccc(-c2ccc3c4ccc(-c5cccc(-c6cccc(-c7nc(-c8ccccc8)nc(-c8ccccc8)n7)c6)c5)cc4c4oc5ccccc5c4c3c2)cc1. The monoisotopic (exact) mass is 752 g/mol. The molecule has 0 saturated carbocycles. The van der Waals surface area contributed by atoms with Gasteiger partial charge in [0.2, 0.25) is 0 Å². The molecule has 5 nitrogen and oxygen atoms in total. The number of rotatable bonds is 6. The number of nitriles is 1. The van der Waals surface area contributed by atoms with Crippen LogP contribution in [0.2, 0.25) is 0 Å². The average molecular weight is 753 g/mol. The molecule has 11 aromatic rings. The van der Waals surface area contributed by atoms with E-state index >= 15 is 0 Å². The summed E-state index contributed by atoms with van der Waals surface area (Å²) in [6.45, 7) is 0. The van der Waals surface area contributed by atoms with Crippen molar-refractivity contribution in [1.29, 1.82) is 5.26 Å². The van der Waals surface area contributed by atoms with Gasteiger partial charge in [0, 0.05) is 32.8 Å². The van der Waals surface area contributed by atoms with E-state index in [9.17, 15) is 5.26 Å². The Labute approximate surface area is 340 Å². The molecule has 274 valence electrons. The highest BCUT2D eigenvalue weighted by Gasteiger charge is 2.18. The van der Waals surface area contributed by atoms with Crippen LogP contribution in [0.15, 0.2) is 199 Å². The lowest BCUT2D eigenvalue weighted by atomic mass is 9.91. The molecule has 2 heterocycles. The van der Waals surface area contributed by atoms with Gasteiger partial charge < -0.3 is 4.42 Å². The third-order valence-corrected chi connectivity index (χ3v) is 11.1. The van der Waals surface area contributed by atoms with E-state index in [4.69, 9.17) is 19.4 Å². The molecule has 0 spiro atoms. The smallest absolute Gasteiger partial charge is 0.164 e. The molecule has 0 saturated heterocycles. The van der Waals surface area contributed by atoms with E-state index in [0.717, 1.165) is 93.6 Å². The molecule has 0 unspecified atom stereocenters. The van der Waals surface area contributed by atoms with Crippen LogP contribution in [0, 0.1) is 11.3 Å². The van der Waals surface area contributed by atoms with Crippen molar-refractivity contribution in [2.45, 2.75) is 0 Å². The summed E-state index contributed by atoms with van der Waals surface area (Å²) in [5.41, 5.74) is 11.7. The highest BCUT2D eigenvalue weighted by Crippen LogP contribution is 2.43. The highest BCUT2D eigenvalue weighted by molar-refractivity contribution is 6.30. The maximum atomic E-state index is 9.35. The van der Waals surface area contributed by atoms with Crippen LogP contribution in [-0.4, -0.2) is 15.0 Å². The Kier molecular flexibility index (Phi) is 8.13. The molecule has 5 heteroatoms. The zero-order valence-corrected chi connectivity index (χ0v) is 31.7. The summed E-state index contributed by atoms with van der Waals surface area (Å²) in [5.74, 6) is 1.89. The first kappa shape index (κ1) is 34.1. The summed E-state index contributed by atoms with van der Waals surface area (Å²) < 4.78 is 6.71. The van der Waals surface area contributed by atoms with Gasteiger partial charge in [0.15, 0.2) is 17.5 Å². The first-order valence-electron chi connectivity index (χ1n) is 19.6. The molecular formula is C54H32N4O. The first-order chi connectivity index (χ1) is 29.2. The summed E-state index contributed by atoms with van der Waals surface area (Å²) >= 11 is 0. The Morgan fingerprint density at radius 3 is 1.42 bits per heavy atom. The number of benzene rings is 9. The van der Waals surface area contributed by atoms with Gasteiger partial charge >= 0.3 is 0 Å². The van der Waals surface area contributed by atoms with Gasteiger partial charge in [-0.1, -0.05) is 152 Å². The number of aromatic nitrogens is 3. The minimum Gasteiger partial charge on any atom is -0.455 e. The number of hydrogen-bond donors (Lipinski definition) is 0. The molecule has 59 heavy (non-hydrogen) atoms. The fourth-order valence-electron chi connectivity index (χ4n) is 8.21. The van der Waals surface area contributed by atoms with Crippen LogP contribution >= 0.6 is 0 Å². The summed E-state index contributed by atoms with van der Waals surface area (Å²) in [4.78, 5) is 14.8. The molecule has 0 radical (unpaired) electrons. The molecule has 0 bridgehead atoms. The van der Waals surface area contributed by atoms with E-state index < -0.39 is 0 Å². The molecule has 0 aliphatic carbocycles. The van der Waals surface area contributed by atoms with Crippen molar-refractivity contribution in [3.05, 3.63) is 200 Å². The number of nitrogens with zero attached hydrogens (tertiary/aromatic N) is 4. The molecule has 0 N–H and O–H groups in total. The van der Waals surface area contributed by atoms with Crippen LogP contribution in [0.3, 0.4) is 0 Å². The molecule has 0 amide bonds. The second-order valence-electron chi connectivity index (χ2n) is 14.7. The van der Waals surface area contributed by atoms with Crippen LogP contribution in [0.5, 0.6) is 0 Å². The van der Waals surface area contributed by atoms with E-state index in [0.29, 0.717) is 23.0 Å². The van der Waals surface area contributed by atoms with Crippen molar-refractivity contribution in [3.8, 4) is 73.6 Å². The second-order valence-corrected chi connectivity index (χ2v) is 14.7. The van der Waals surface area contributed by atoms with Crippen LogP contribution in [-0.2, 0) is 0 Å². The Balaban J connectivity index is 1.01. The van der Waals surface area contributed by atoms with E-state index in [1.54, 1.807) is 0 Å². The van der Waals surface area contributed by atoms with E-state index in [2.05, 4.69) is 103 Å². The second kappa shape index (κ2) is 14.1. The van der Waals surface area contributed by atoms with Crippen LogP contribution < -0.4 is 0 Å². The lowest BCUT2D eigenvalue weighted by molar-refractivity contribution is 0.673. The zero-order valence-electron chi connectivity index (χ0n) is 31.7. The third kappa shape index (κ3) is 6.08. The number of furan rings is 1. The van der Waals surface area contributed by atoms with E-state index in [-0.39, 0.29) is 0 Å². The van der Waals surface area contributed by atoms with Gasteiger partial charge in [-0.2, -0.15) is 5.26 Å². The Morgan fingerprint density at radius 1 is 0.339 bits per heavy atom. The fraction of sp³-hybridized carbons (Fsp3) is 0. The number of hydrogen-bond acceptors (Lipinski definition) is 5. The van der Waals surface area contributed by atoms with Gasteiger partial charge in [-0.15, -0.1) is 0 Å². The molecular weight excluding hydrogens is 721 g/mol. The van der Waals surface area contributed by atoms with Gasteiger partial charge in [0.25, 0.3) is 0 Å². The van der Waals surface area contributed by atoms with Crippen LogP contribution in [0.1, 0.15) is 5.56 Å². The maximum absolute atomic E-state index is 9.35. The number of fused-ring (bicyclic) bond motifs is 8. The zero-order chi connectivity index (χ0) is 39.3. The van der Waals surface area contributed by atoms with Crippen molar-refractivity contribution in [2.24, 2.45) is 0 Å². The number of para-hydroxylation sites is 1. The van der Waals surface area contributed by atoms with E-state index in [1.165, 1.54) is 0 Å². The predicted octanol–water partition coefficient (Wildman–Crippen LogP) is 14.0. The summed E-state index contributed by atoms with van der Waals surface area (Å²) in [6.07, 6.45) is 0. The first-order valence-corrected chi connectivity index (χ1v) is 19.6. The summed E-state index contributed by atoms with van der Waals surface area (Å²) in [5, 5.41) is 16.0. The molecule has 11 rings (SSSR count). The summed E-state index contributed by atoms with van der Waals surface area (Å²) in [6, 6.07) is 68.8. The lowest BCUT2D eigenvalue weighted by Gasteiger charge is -2.12. The fourth-order valence-corrected chi connectivity index (χ4v) is 8.21. The van der Waals surface area contributed by atoms with Crippen molar-refractivity contribution in [3.63, 3.8) is 0 Å². The van der Waals surface area contributed by atoms with Crippen LogP contribution in [0.25, 0.3) is 111 Å². The van der Waals surface area contributed by atoms with Gasteiger partial charge in [0.05, 0.1) is 11.6 Å². The van der Waals surface area contributed by atoms with Crippen LogP contribution in [0.4, 0.5) is 0 Å².